The zero-order valence-corrected chi connectivity index (χ0v) is 12.2. The van der Waals surface area contributed by atoms with Crippen LogP contribution in [0.4, 0.5) is 0 Å². The highest BCUT2D eigenvalue weighted by molar-refractivity contribution is 5.93. The molecule has 0 spiro atoms. The Labute approximate surface area is 129 Å². The third kappa shape index (κ3) is 3.78. The molecule has 0 aliphatic heterocycles. The predicted octanol–water partition coefficient (Wildman–Crippen LogP) is 1.99. The average Bonchev–Trinajstić information content (AvgIpc) is 2.58. The van der Waals surface area contributed by atoms with Gasteiger partial charge in [-0.15, -0.1) is 0 Å². The van der Waals surface area contributed by atoms with Crippen molar-refractivity contribution in [2.24, 2.45) is 0 Å². The first kappa shape index (κ1) is 14.4. The molecule has 0 atom stereocenters. The first-order chi connectivity index (χ1) is 10.8. The molecule has 2 aromatic heterocycles. The summed E-state index contributed by atoms with van der Waals surface area (Å²) in [7, 11) is 0. The van der Waals surface area contributed by atoms with Gasteiger partial charge in [0.25, 0.3) is 5.91 Å². The molecule has 1 aliphatic rings. The number of amides is 1. The monoisotopic (exact) mass is 298 g/mol. The highest BCUT2D eigenvalue weighted by Gasteiger charge is 2.24. The molecule has 0 unspecified atom stereocenters. The third-order valence-electron chi connectivity index (χ3n) is 3.76. The molecule has 114 valence electrons. The Kier molecular flexibility index (Phi) is 4.58. The van der Waals surface area contributed by atoms with E-state index in [9.17, 15) is 4.79 Å². The van der Waals surface area contributed by atoms with Gasteiger partial charge in [-0.25, -0.2) is 4.98 Å². The number of ether oxygens (including phenoxy) is 1. The van der Waals surface area contributed by atoms with Crippen molar-refractivity contribution in [1.82, 2.24) is 20.3 Å². The number of nitrogens with zero attached hydrogens (tertiary/aromatic N) is 3. The fourth-order valence-corrected chi connectivity index (χ4v) is 2.61. The van der Waals surface area contributed by atoms with Crippen LogP contribution in [0.2, 0.25) is 0 Å². The van der Waals surface area contributed by atoms with Crippen molar-refractivity contribution in [2.75, 3.05) is 0 Å². The molecule has 1 N–H and O–H groups in total. The second kappa shape index (κ2) is 6.98. The first-order valence-corrected chi connectivity index (χ1v) is 7.45. The molecule has 0 saturated heterocycles. The number of nitrogens with one attached hydrogen (secondary N) is 1. The van der Waals surface area contributed by atoms with Crippen molar-refractivity contribution in [3.8, 4) is 5.88 Å². The first-order valence-electron chi connectivity index (χ1n) is 7.45. The van der Waals surface area contributed by atoms with Gasteiger partial charge in [0, 0.05) is 30.8 Å². The smallest absolute Gasteiger partial charge is 0.253 e. The fraction of sp³-hybridized carbons (Fsp3) is 0.375. The van der Waals surface area contributed by atoms with Crippen LogP contribution in [0.5, 0.6) is 5.88 Å². The van der Waals surface area contributed by atoms with E-state index in [0.717, 1.165) is 25.7 Å². The Morgan fingerprint density at radius 2 is 1.91 bits per heavy atom. The molecule has 0 aromatic carbocycles. The summed E-state index contributed by atoms with van der Waals surface area (Å²) in [6.07, 6.45) is 11.8. The normalized spacial score (nSPS) is 21.1. The van der Waals surface area contributed by atoms with Gasteiger partial charge in [0.1, 0.15) is 6.10 Å². The highest BCUT2D eigenvalue weighted by Crippen LogP contribution is 2.22. The minimum atomic E-state index is -0.0635. The molecule has 3 rings (SSSR count). The Balaban J connectivity index is 1.47. The summed E-state index contributed by atoms with van der Waals surface area (Å²) in [6, 6.07) is 3.72. The third-order valence-corrected chi connectivity index (χ3v) is 3.76. The van der Waals surface area contributed by atoms with Crippen LogP contribution in [0.3, 0.4) is 0 Å². The molecular weight excluding hydrogens is 280 g/mol. The van der Waals surface area contributed by atoms with E-state index in [1.165, 1.54) is 0 Å². The molecule has 22 heavy (non-hydrogen) atoms. The standard InChI is InChI=1S/C16H18N4O2/c21-16(12-2-1-7-17-10-12)20-13-3-5-14(6-4-13)22-15-11-18-8-9-19-15/h1-2,7-11,13-14H,3-6H2,(H,20,21). The Morgan fingerprint density at radius 1 is 1.09 bits per heavy atom. The molecule has 0 radical (unpaired) electrons. The largest absolute Gasteiger partial charge is 0.473 e. The lowest BCUT2D eigenvalue weighted by Gasteiger charge is -2.29. The Hall–Kier alpha value is -2.50. The lowest BCUT2D eigenvalue weighted by molar-refractivity contribution is 0.0889. The molecule has 1 fully saturated rings. The van der Waals surface area contributed by atoms with Gasteiger partial charge < -0.3 is 10.1 Å². The average molecular weight is 298 g/mol. The Bertz CT molecular complexity index is 598. The molecule has 6 heteroatoms. The molecule has 1 amide bonds. The Morgan fingerprint density at radius 3 is 2.59 bits per heavy atom. The number of hydrogen-bond donors (Lipinski definition) is 1. The summed E-state index contributed by atoms with van der Waals surface area (Å²) < 4.78 is 5.80. The van der Waals surface area contributed by atoms with Gasteiger partial charge in [-0.2, -0.15) is 0 Å². The van der Waals surface area contributed by atoms with Crippen molar-refractivity contribution in [1.29, 1.82) is 0 Å². The minimum Gasteiger partial charge on any atom is -0.473 e. The number of rotatable bonds is 4. The van der Waals surface area contributed by atoms with E-state index in [4.69, 9.17) is 4.74 Å². The molecule has 6 nitrogen and oxygen atoms in total. The van der Waals surface area contributed by atoms with E-state index in [2.05, 4.69) is 20.3 Å². The van der Waals surface area contributed by atoms with Crippen LogP contribution in [0.1, 0.15) is 36.0 Å². The van der Waals surface area contributed by atoms with E-state index in [1.54, 1.807) is 43.1 Å². The van der Waals surface area contributed by atoms with E-state index >= 15 is 0 Å². The summed E-state index contributed by atoms with van der Waals surface area (Å²) >= 11 is 0. The van der Waals surface area contributed by atoms with Gasteiger partial charge in [-0.05, 0) is 37.8 Å². The molecule has 2 aromatic rings. The number of aromatic nitrogens is 3. The summed E-state index contributed by atoms with van der Waals surface area (Å²) in [4.78, 5) is 24.2. The maximum Gasteiger partial charge on any atom is 0.253 e. The van der Waals surface area contributed by atoms with Crippen molar-refractivity contribution >= 4 is 5.91 Å². The summed E-state index contributed by atoms with van der Waals surface area (Å²) in [5.74, 6) is 0.497. The van der Waals surface area contributed by atoms with Crippen LogP contribution < -0.4 is 10.1 Å². The number of carbonyl (C=O) groups excluding carboxylic acids is 1. The van der Waals surface area contributed by atoms with Crippen LogP contribution >= 0.6 is 0 Å². The lowest BCUT2D eigenvalue weighted by atomic mass is 9.93. The fourth-order valence-electron chi connectivity index (χ4n) is 2.61. The van der Waals surface area contributed by atoms with E-state index < -0.39 is 0 Å². The second-order valence-corrected chi connectivity index (χ2v) is 5.35. The van der Waals surface area contributed by atoms with Crippen LogP contribution in [0, 0.1) is 0 Å². The topological polar surface area (TPSA) is 77.0 Å². The van der Waals surface area contributed by atoms with Gasteiger partial charge in [0.15, 0.2) is 0 Å². The summed E-state index contributed by atoms with van der Waals surface area (Å²) in [5, 5.41) is 3.06. The van der Waals surface area contributed by atoms with Crippen LogP contribution in [-0.2, 0) is 0 Å². The van der Waals surface area contributed by atoms with Gasteiger partial charge in [0.2, 0.25) is 5.88 Å². The zero-order valence-electron chi connectivity index (χ0n) is 12.2. The van der Waals surface area contributed by atoms with Crippen molar-refractivity contribution < 1.29 is 9.53 Å². The quantitative estimate of drug-likeness (QED) is 0.934. The lowest BCUT2D eigenvalue weighted by Crippen LogP contribution is -2.39. The van der Waals surface area contributed by atoms with E-state index in [1.807, 2.05) is 0 Å². The van der Waals surface area contributed by atoms with Crippen LogP contribution in [0.25, 0.3) is 0 Å². The summed E-state index contributed by atoms with van der Waals surface area (Å²) in [5.41, 5.74) is 0.598. The minimum absolute atomic E-state index is 0.0635. The second-order valence-electron chi connectivity index (χ2n) is 5.35. The van der Waals surface area contributed by atoms with E-state index in [0.29, 0.717) is 11.4 Å². The van der Waals surface area contributed by atoms with Gasteiger partial charge in [-0.1, -0.05) is 0 Å². The molecule has 1 aliphatic carbocycles. The zero-order chi connectivity index (χ0) is 15.2. The van der Waals surface area contributed by atoms with Crippen molar-refractivity contribution in [3.63, 3.8) is 0 Å². The molecule has 0 bridgehead atoms. The SMILES string of the molecule is O=C(NC1CCC(Oc2cnccn2)CC1)c1cccnc1. The van der Waals surface area contributed by atoms with E-state index in [-0.39, 0.29) is 18.1 Å². The highest BCUT2D eigenvalue weighted by atomic mass is 16.5. The molecular formula is C16H18N4O2. The van der Waals surface area contributed by atoms with Gasteiger partial charge in [0.05, 0.1) is 11.8 Å². The molecule has 2 heterocycles. The van der Waals surface area contributed by atoms with Gasteiger partial charge in [-0.3, -0.25) is 14.8 Å². The number of pyridine rings is 1. The number of hydrogen-bond acceptors (Lipinski definition) is 5. The number of carbonyl (C=O) groups is 1. The predicted molar refractivity (Wildman–Crippen MR) is 80.4 cm³/mol. The summed E-state index contributed by atoms with van der Waals surface area (Å²) in [6.45, 7) is 0. The van der Waals surface area contributed by atoms with Crippen LogP contribution in [0.15, 0.2) is 43.1 Å². The van der Waals surface area contributed by atoms with Gasteiger partial charge >= 0.3 is 0 Å². The van der Waals surface area contributed by atoms with Crippen molar-refractivity contribution in [3.05, 3.63) is 48.7 Å². The molecule has 1 saturated carbocycles. The van der Waals surface area contributed by atoms with Crippen LogP contribution in [-0.4, -0.2) is 33.0 Å². The maximum atomic E-state index is 12.1. The van der Waals surface area contributed by atoms with Crippen molar-refractivity contribution in [2.45, 2.75) is 37.8 Å². The maximum absolute atomic E-state index is 12.1.